The van der Waals surface area contributed by atoms with E-state index in [4.69, 9.17) is 4.42 Å². The Morgan fingerprint density at radius 1 is 0.804 bits per heavy atom. The second kappa shape index (κ2) is 16.6. The van der Waals surface area contributed by atoms with Crippen LogP contribution in [0.3, 0.4) is 0 Å². The SMILES string of the molecule is CC(=O)N[C@H](Cc1ccc(O)cc1)C(=O)N[C@H](C(=O)N[C@H](C)C(=O)N[C@H](CC(=O)O)C(=O)Nc1ccc2c(C(F)(F)F)cc(=O)oc2c1)C(C)C. The number of fused-ring (bicyclic) bond motifs is 1. The van der Waals surface area contributed by atoms with Crippen LogP contribution in [0.2, 0.25) is 0 Å². The van der Waals surface area contributed by atoms with Crippen LogP contribution in [0, 0.1) is 5.92 Å². The highest BCUT2D eigenvalue weighted by molar-refractivity contribution is 6.01. The minimum atomic E-state index is -4.88. The van der Waals surface area contributed by atoms with Crippen LogP contribution in [0.25, 0.3) is 11.0 Å². The lowest BCUT2D eigenvalue weighted by atomic mass is 10.0. The van der Waals surface area contributed by atoms with Gasteiger partial charge in [-0.05, 0) is 42.7 Å². The van der Waals surface area contributed by atoms with Gasteiger partial charge in [0, 0.05) is 36.6 Å². The van der Waals surface area contributed by atoms with Crippen molar-refractivity contribution in [2.75, 3.05) is 5.32 Å². The first-order valence-corrected chi connectivity index (χ1v) is 15.4. The van der Waals surface area contributed by atoms with Crippen molar-refractivity contribution < 1.29 is 56.6 Å². The van der Waals surface area contributed by atoms with Crippen LogP contribution in [0.15, 0.2) is 57.7 Å². The van der Waals surface area contributed by atoms with Gasteiger partial charge in [0.15, 0.2) is 0 Å². The number of rotatable bonds is 14. The number of amides is 5. The summed E-state index contributed by atoms with van der Waals surface area (Å²) in [7, 11) is 0. The molecule has 18 heteroatoms. The Balaban J connectivity index is 1.71. The van der Waals surface area contributed by atoms with Crippen molar-refractivity contribution in [3.05, 3.63) is 70.1 Å². The number of aliphatic carboxylic acids is 1. The Morgan fingerprint density at radius 3 is 2.02 bits per heavy atom. The lowest BCUT2D eigenvalue weighted by Crippen LogP contribution is -2.58. The fourth-order valence-corrected chi connectivity index (χ4v) is 4.86. The van der Waals surface area contributed by atoms with E-state index in [0.717, 1.165) is 18.2 Å². The molecule has 0 spiro atoms. The van der Waals surface area contributed by atoms with E-state index in [1.54, 1.807) is 26.0 Å². The largest absolute Gasteiger partial charge is 0.508 e. The second-order valence-corrected chi connectivity index (χ2v) is 11.9. The number of phenols is 1. The molecule has 5 amide bonds. The maximum atomic E-state index is 13.4. The van der Waals surface area contributed by atoms with Gasteiger partial charge in [0.25, 0.3) is 0 Å². The topological polar surface area (TPSA) is 233 Å². The monoisotopic (exact) mass is 719 g/mol. The predicted molar refractivity (Wildman–Crippen MR) is 174 cm³/mol. The van der Waals surface area contributed by atoms with Crippen LogP contribution in [0.5, 0.6) is 5.75 Å². The molecule has 0 saturated heterocycles. The average molecular weight is 720 g/mol. The number of halogens is 3. The van der Waals surface area contributed by atoms with Gasteiger partial charge in [-0.1, -0.05) is 26.0 Å². The maximum Gasteiger partial charge on any atom is 0.417 e. The molecular formula is C33H36F3N5O10. The molecule has 274 valence electrons. The van der Waals surface area contributed by atoms with Gasteiger partial charge < -0.3 is 41.2 Å². The van der Waals surface area contributed by atoms with E-state index in [1.165, 1.54) is 26.0 Å². The number of anilines is 1. The molecule has 1 heterocycles. The molecule has 3 rings (SSSR count). The summed E-state index contributed by atoms with van der Waals surface area (Å²) in [5.74, 6) is -6.19. The summed E-state index contributed by atoms with van der Waals surface area (Å²) < 4.78 is 45.0. The van der Waals surface area contributed by atoms with Crippen molar-refractivity contribution in [2.24, 2.45) is 5.92 Å². The molecule has 0 unspecified atom stereocenters. The van der Waals surface area contributed by atoms with Crippen molar-refractivity contribution in [3.63, 3.8) is 0 Å². The molecule has 0 radical (unpaired) electrons. The number of hydrogen-bond donors (Lipinski definition) is 7. The minimum Gasteiger partial charge on any atom is -0.508 e. The minimum absolute atomic E-state index is 0.00374. The van der Waals surface area contributed by atoms with E-state index in [-0.39, 0.29) is 23.9 Å². The van der Waals surface area contributed by atoms with Crippen LogP contribution < -0.4 is 32.2 Å². The molecule has 51 heavy (non-hydrogen) atoms. The Morgan fingerprint density at radius 2 is 1.45 bits per heavy atom. The van der Waals surface area contributed by atoms with E-state index < -0.39 is 100 Å². The molecule has 0 aliphatic carbocycles. The number of benzene rings is 2. The first kappa shape index (κ1) is 39.5. The molecule has 3 aromatic rings. The number of carboxylic acids is 1. The first-order valence-electron chi connectivity index (χ1n) is 15.4. The standard InChI is InChI=1S/C33H36F3N5O10/c1-15(2)28(41-31(49)23(38-17(4)42)11-18-5-8-20(43)9-6-18)32(50)37-16(3)29(47)40-24(14-26(44)45)30(48)39-19-7-10-21-22(33(34,35)36)13-27(46)51-25(21)12-19/h5-10,12-13,15-16,23-24,28,43H,11,14H2,1-4H3,(H,37,50)(H,38,42)(H,39,48)(H,40,47)(H,41,49)(H,44,45)/t16-,23-,24-,28+/m1/s1. The number of carbonyl (C=O) groups excluding carboxylic acids is 5. The zero-order chi connectivity index (χ0) is 38.2. The van der Waals surface area contributed by atoms with E-state index in [1.807, 2.05) is 0 Å². The summed E-state index contributed by atoms with van der Waals surface area (Å²) in [6, 6.07) is 3.67. The number of alkyl halides is 3. The first-order chi connectivity index (χ1) is 23.7. The fourth-order valence-electron chi connectivity index (χ4n) is 4.86. The molecule has 1 aromatic heterocycles. The highest BCUT2D eigenvalue weighted by Crippen LogP contribution is 2.34. The number of carboxylic acid groups (broad SMARTS) is 1. The van der Waals surface area contributed by atoms with E-state index in [2.05, 4.69) is 26.6 Å². The highest BCUT2D eigenvalue weighted by atomic mass is 19.4. The summed E-state index contributed by atoms with van der Waals surface area (Å²) in [5, 5.41) is 30.4. The van der Waals surface area contributed by atoms with Crippen molar-refractivity contribution in [3.8, 4) is 5.75 Å². The normalized spacial score (nSPS) is 13.7. The summed E-state index contributed by atoms with van der Waals surface area (Å²) >= 11 is 0. The van der Waals surface area contributed by atoms with E-state index in [9.17, 15) is 56.9 Å². The van der Waals surface area contributed by atoms with Crippen LogP contribution in [0.4, 0.5) is 18.9 Å². The quantitative estimate of drug-likeness (QED) is 0.119. The van der Waals surface area contributed by atoms with Gasteiger partial charge in [0.05, 0.1) is 12.0 Å². The number of hydrogen-bond acceptors (Lipinski definition) is 9. The second-order valence-electron chi connectivity index (χ2n) is 11.9. The molecule has 0 aliphatic rings. The summed E-state index contributed by atoms with van der Waals surface area (Å²) in [6.07, 6.45) is -5.80. The molecule has 4 atom stereocenters. The Labute approximate surface area is 288 Å². The molecular weight excluding hydrogens is 683 g/mol. The summed E-state index contributed by atoms with van der Waals surface area (Å²) in [6.45, 7) is 5.65. The van der Waals surface area contributed by atoms with Gasteiger partial charge in [0.2, 0.25) is 29.5 Å². The average Bonchev–Trinajstić information content (AvgIpc) is 3.02. The summed E-state index contributed by atoms with van der Waals surface area (Å²) in [5.41, 5.74) is -2.66. The molecule has 7 N–H and O–H groups in total. The molecule has 0 aliphatic heterocycles. The molecule has 0 saturated carbocycles. The Kier molecular flexibility index (Phi) is 12.9. The van der Waals surface area contributed by atoms with Gasteiger partial charge in [-0.2, -0.15) is 13.2 Å². The van der Waals surface area contributed by atoms with E-state index in [0.29, 0.717) is 5.56 Å². The lowest BCUT2D eigenvalue weighted by Gasteiger charge is -2.27. The van der Waals surface area contributed by atoms with Crippen molar-refractivity contribution in [2.45, 2.75) is 70.9 Å². The van der Waals surface area contributed by atoms with Gasteiger partial charge in [-0.15, -0.1) is 0 Å². The van der Waals surface area contributed by atoms with Crippen LogP contribution in [-0.2, 0) is 41.4 Å². The number of phenolic OH excluding ortho intramolecular Hbond substituents is 1. The molecule has 2 aromatic carbocycles. The third-order valence-corrected chi connectivity index (χ3v) is 7.40. The van der Waals surface area contributed by atoms with Gasteiger partial charge in [-0.3, -0.25) is 28.8 Å². The zero-order valence-electron chi connectivity index (χ0n) is 27.7. The van der Waals surface area contributed by atoms with Crippen LogP contribution >= 0.6 is 0 Å². The van der Waals surface area contributed by atoms with Crippen molar-refractivity contribution >= 4 is 52.2 Å². The van der Waals surface area contributed by atoms with Crippen molar-refractivity contribution in [1.29, 1.82) is 0 Å². The Hall–Kier alpha value is -5.94. The predicted octanol–water partition coefficient (Wildman–Crippen LogP) is 1.81. The van der Waals surface area contributed by atoms with Crippen LogP contribution in [-0.4, -0.2) is 69.9 Å². The van der Waals surface area contributed by atoms with Gasteiger partial charge in [0.1, 0.15) is 35.5 Å². The van der Waals surface area contributed by atoms with Crippen LogP contribution in [0.1, 0.15) is 45.2 Å². The lowest BCUT2D eigenvalue weighted by molar-refractivity contribution is -0.140. The van der Waals surface area contributed by atoms with E-state index >= 15 is 0 Å². The van der Waals surface area contributed by atoms with Gasteiger partial charge >= 0.3 is 17.8 Å². The van der Waals surface area contributed by atoms with Crippen molar-refractivity contribution in [1.82, 2.24) is 21.3 Å². The molecule has 15 nitrogen and oxygen atoms in total. The zero-order valence-corrected chi connectivity index (χ0v) is 27.7. The van der Waals surface area contributed by atoms with Gasteiger partial charge in [-0.25, -0.2) is 4.79 Å². The maximum absolute atomic E-state index is 13.4. The fraction of sp³-hybridized carbons (Fsp3) is 0.364. The third-order valence-electron chi connectivity index (χ3n) is 7.40. The summed E-state index contributed by atoms with van der Waals surface area (Å²) in [4.78, 5) is 87.6. The smallest absolute Gasteiger partial charge is 0.417 e. The highest BCUT2D eigenvalue weighted by Gasteiger charge is 2.35. The molecule has 0 bridgehead atoms. The Bertz CT molecular complexity index is 1860. The number of aromatic hydroxyl groups is 1. The number of carbonyl (C=O) groups is 6. The number of nitrogens with one attached hydrogen (secondary N) is 5. The third kappa shape index (κ3) is 11.3. The molecule has 0 fully saturated rings.